The van der Waals surface area contributed by atoms with E-state index in [1.807, 2.05) is 48.5 Å². The van der Waals surface area contributed by atoms with Crippen LogP contribution in [-0.2, 0) is 0 Å². The summed E-state index contributed by atoms with van der Waals surface area (Å²) in [5.41, 5.74) is 19.4. The van der Waals surface area contributed by atoms with Gasteiger partial charge >= 0.3 is 0 Å². The molecule has 4 heteroatoms. The van der Waals surface area contributed by atoms with Gasteiger partial charge in [0.25, 0.3) is 0 Å². The van der Waals surface area contributed by atoms with E-state index in [0.29, 0.717) is 23.2 Å². The number of rotatable bonds is 8. The number of fused-ring (bicyclic) bond motifs is 3. The predicted octanol–water partition coefficient (Wildman–Crippen LogP) is 16.6. The molecule has 1 aliphatic carbocycles. The summed E-state index contributed by atoms with van der Waals surface area (Å²) in [5, 5.41) is 2.57. The first-order valence-electron chi connectivity index (χ1n) is 22.1. The lowest BCUT2D eigenvalue weighted by Gasteiger charge is -2.17. The minimum absolute atomic E-state index is 0.588. The lowest BCUT2D eigenvalue weighted by atomic mass is 9.87. The highest BCUT2D eigenvalue weighted by Crippen LogP contribution is 2.51. The number of benzene rings is 10. The van der Waals surface area contributed by atoms with E-state index in [2.05, 4.69) is 187 Å². The summed E-state index contributed by atoms with van der Waals surface area (Å²) in [6.07, 6.45) is 0. The summed E-state index contributed by atoms with van der Waals surface area (Å²) in [6.45, 7) is 8.01. The minimum Gasteiger partial charge on any atom is -0.238 e. The Morgan fingerprint density at radius 3 is 1.45 bits per heavy atom. The molecular formula is C62H38N4. The van der Waals surface area contributed by atoms with E-state index in [1.165, 1.54) is 38.6 Å². The molecule has 1 aromatic heterocycles. The molecule has 10 aromatic carbocycles. The van der Waals surface area contributed by atoms with Crippen LogP contribution in [0.4, 0.5) is 5.69 Å². The predicted molar refractivity (Wildman–Crippen MR) is 272 cm³/mol. The van der Waals surface area contributed by atoms with Gasteiger partial charge in [0.1, 0.15) is 0 Å². The van der Waals surface area contributed by atoms with E-state index < -0.39 is 0 Å². The second-order valence-electron chi connectivity index (χ2n) is 16.6. The van der Waals surface area contributed by atoms with Crippen LogP contribution >= 0.6 is 0 Å². The van der Waals surface area contributed by atoms with Gasteiger partial charge in [-0.3, -0.25) is 0 Å². The zero-order chi connectivity index (χ0) is 44.0. The van der Waals surface area contributed by atoms with E-state index in [9.17, 15) is 0 Å². The molecule has 0 fully saturated rings. The fraction of sp³-hybridized carbons (Fsp3) is 0. The lowest BCUT2D eigenvalue weighted by molar-refractivity contribution is 1.07. The van der Waals surface area contributed by atoms with Gasteiger partial charge in [-0.25, -0.2) is 19.8 Å². The van der Waals surface area contributed by atoms with Crippen molar-refractivity contribution in [3.8, 4) is 112 Å². The molecule has 0 saturated heterocycles. The maximum absolute atomic E-state index is 8.01. The van der Waals surface area contributed by atoms with Crippen LogP contribution in [0.15, 0.2) is 231 Å². The molecule has 0 radical (unpaired) electrons. The molecule has 66 heavy (non-hydrogen) atoms. The average molecular weight is 839 g/mol. The third-order valence-electron chi connectivity index (χ3n) is 12.7. The second kappa shape index (κ2) is 16.3. The summed E-state index contributed by atoms with van der Waals surface area (Å²) in [4.78, 5) is 19.0. The number of hydrogen-bond donors (Lipinski definition) is 0. The van der Waals surface area contributed by atoms with Crippen molar-refractivity contribution < 1.29 is 0 Å². The molecule has 0 spiro atoms. The van der Waals surface area contributed by atoms with Gasteiger partial charge in [0.2, 0.25) is 0 Å². The van der Waals surface area contributed by atoms with Crippen molar-refractivity contribution >= 4 is 16.5 Å². The standard InChI is InChI=1S/C62H38N4/c1-63-49-34-36-51(41-29-31-44(32-30-41)61-64-60(43-17-6-3-7-18-43)65-62(66-61)48-23-12-20-45(37-48)40-15-4-2-5-16-40)57(39-49)53-25-9-8-24-50(53)46-21-13-22-47(38-46)52-35-33-42-19-14-28-55-54-26-10-11-27-56(54)59(52)58(42)55/h2-39H. The van der Waals surface area contributed by atoms with E-state index in [0.717, 1.165) is 66.8 Å². The number of aromatic nitrogens is 3. The monoisotopic (exact) mass is 838 g/mol. The molecule has 0 aliphatic heterocycles. The molecule has 0 unspecified atom stereocenters. The van der Waals surface area contributed by atoms with E-state index in [1.54, 1.807) is 0 Å². The van der Waals surface area contributed by atoms with Gasteiger partial charge in [0.15, 0.2) is 23.2 Å². The first-order chi connectivity index (χ1) is 32.7. The van der Waals surface area contributed by atoms with Crippen molar-refractivity contribution in [1.82, 2.24) is 15.0 Å². The Balaban J connectivity index is 0.934. The summed E-state index contributed by atoms with van der Waals surface area (Å²) >= 11 is 0. The quantitative estimate of drug-likeness (QED) is 0.143. The Labute approximate surface area is 383 Å². The molecule has 11 aromatic rings. The molecular weight excluding hydrogens is 801 g/mol. The molecule has 1 aliphatic rings. The molecule has 0 bridgehead atoms. The Kier molecular flexibility index (Phi) is 9.51. The highest BCUT2D eigenvalue weighted by molar-refractivity contribution is 6.19. The Hall–Kier alpha value is -9.04. The topological polar surface area (TPSA) is 43.0 Å². The number of nitrogens with zero attached hydrogens (tertiary/aromatic N) is 4. The first-order valence-corrected chi connectivity index (χ1v) is 22.1. The maximum Gasteiger partial charge on any atom is 0.187 e. The third kappa shape index (κ3) is 6.84. The summed E-state index contributed by atoms with van der Waals surface area (Å²) in [5.74, 6) is 1.81. The van der Waals surface area contributed by atoms with Crippen molar-refractivity contribution in [1.29, 1.82) is 0 Å². The molecule has 1 heterocycles. The van der Waals surface area contributed by atoms with Gasteiger partial charge in [0.05, 0.1) is 6.57 Å². The van der Waals surface area contributed by atoms with Crippen molar-refractivity contribution in [2.45, 2.75) is 0 Å². The van der Waals surface area contributed by atoms with Gasteiger partial charge in [0, 0.05) is 16.7 Å². The van der Waals surface area contributed by atoms with Crippen molar-refractivity contribution in [2.24, 2.45) is 0 Å². The van der Waals surface area contributed by atoms with Crippen LogP contribution in [0.1, 0.15) is 0 Å². The molecule has 0 amide bonds. The van der Waals surface area contributed by atoms with Crippen molar-refractivity contribution in [3.05, 3.63) is 242 Å². The Bertz CT molecular complexity index is 3700. The van der Waals surface area contributed by atoms with Crippen LogP contribution in [0.2, 0.25) is 0 Å². The smallest absolute Gasteiger partial charge is 0.187 e. The molecule has 4 nitrogen and oxygen atoms in total. The molecule has 0 saturated carbocycles. The van der Waals surface area contributed by atoms with Crippen molar-refractivity contribution in [3.63, 3.8) is 0 Å². The van der Waals surface area contributed by atoms with Crippen molar-refractivity contribution in [2.75, 3.05) is 0 Å². The molecule has 12 rings (SSSR count). The Morgan fingerprint density at radius 1 is 0.273 bits per heavy atom. The van der Waals surface area contributed by atoms with Gasteiger partial charge in [-0.2, -0.15) is 0 Å². The highest BCUT2D eigenvalue weighted by Gasteiger charge is 2.24. The zero-order valence-corrected chi connectivity index (χ0v) is 35.7. The molecule has 0 N–H and O–H groups in total. The van der Waals surface area contributed by atoms with Gasteiger partial charge < -0.3 is 0 Å². The van der Waals surface area contributed by atoms with Gasteiger partial charge in [-0.15, -0.1) is 0 Å². The SMILES string of the molecule is [C-]#[N+]c1ccc(-c2ccc(-c3nc(-c4ccccc4)nc(-c4cccc(-c5ccccc5)c4)n3)cc2)c(-c2ccccc2-c2cccc(-c3ccc4cccc5c4c3-c3ccccc3-5)c2)c1. The molecule has 306 valence electrons. The first kappa shape index (κ1) is 38.6. The third-order valence-corrected chi connectivity index (χ3v) is 12.7. The van der Waals surface area contributed by atoms with Crippen LogP contribution < -0.4 is 0 Å². The number of hydrogen-bond acceptors (Lipinski definition) is 3. The van der Waals surface area contributed by atoms with Gasteiger partial charge in [-0.05, 0) is 107 Å². The van der Waals surface area contributed by atoms with Crippen LogP contribution in [0, 0.1) is 6.57 Å². The normalized spacial score (nSPS) is 11.3. The highest BCUT2D eigenvalue weighted by atomic mass is 15.0. The zero-order valence-electron chi connectivity index (χ0n) is 35.7. The minimum atomic E-state index is 0.588. The Morgan fingerprint density at radius 2 is 0.742 bits per heavy atom. The fourth-order valence-electron chi connectivity index (χ4n) is 9.58. The summed E-state index contributed by atoms with van der Waals surface area (Å²) in [7, 11) is 0. The van der Waals surface area contributed by atoms with Crippen LogP contribution in [0.3, 0.4) is 0 Å². The fourth-order valence-corrected chi connectivity index (χ4v) is 9.58. The second-order valence-corrected chi connectivity index (χ2v) is 16.6. The van der Waals surface area contributed by atoms with E-state index >= 15 is 0 Å². The lowest BCUT2D eigenvalue weighted by Crippen LogP contribution is -2.00. The summed E-state index contributed by atoms with van der Waals surface area (Å²) < 4.78 is 0. The summed E-state index contributed by atoms with van der Waals surface area (Å²) in [6, 6.07) is 80.6. The van der Waals surface area contributed by atoms with Crippen LogP contribution in [-0.4, -0.2) is 15.0 Å². The van der Waals surface area contributed by atoms with Crippen LogP contribution in [0.5, 0.6) is 0 Å². The largest absolute Gasteiger partial charge is 0.238 e. The van der Waals surface area contributed by atoms with Crippen LogP contribution in [0.25, 0.3) is 128 Å². The van der Waals surface area contributed by atoms with Gasteiger partial charge in [-0.1, -0.05) is 212 Å². The van der Waals surface area contributed by atoms with E-state index in [4.69, 9.17) is 21.5 Å². The maximum atomic E-state index is 8.01. The van der Waals surface area contributed by atoms with E-state index in [-0.39, 0.29) is 0 Å². The molecule has 0 atom stereocenters. The average Bonchev–Trinajstić information content (AvgIpc) is 3.74.